The van der Waals surface area contributed by atoms with E-state index < -0.39 is 0 Å². The topological polar surface area (TPSA) is 85.3 Å². The molecule has 0 atom stereocenters. The first-order valence-electron chi connectivity index (χ1n) is 10.7. The van der Waals surface area contributed by atoms with Crippen molar-refractivity contribution < 1.29 is 18.9 Å². The van der Waals surface area contributed by atoms with Crippen molar-refractivity contribution in [1.82, 2.24) is 15.0 Å². The lowest BCUT2D eigenvalue weighted by Crippen LogP contribution is -2.35. The van der Waals surface area contributed by atoms with Gasteiger partial charge in [-0.15, -0.1) is 0 Å². The lowest BCUT2D eigenvalue weighted by atomic mass is 10.4. The third-order valence-electron chi connectivity index (χ3n) is 4.33. The van der Waals surface area contributed by atoms with Crippen molar-refractivity contribution in [2.24, 2.45) is 0 Å². The summed E-state index contributed by atoms with van der Waals surface area (Å²) in [5.41, 5.74) is 0. The highest BCUT2D eigenvalue weighted by atomic mass is 16.5. The maximum absolute atomic E-state index is 5.78. The molecule has 1 rings (SSSR count). The van der Waals surface area contributed by atoms with E-state index in [1.54, 1.807) is 14.2 Å². The lowest BCUT2D eigenvalue weighted by molar-refractivity contribution is 0.0997. The number of nitrogens with zero attached hydrogens (tertiary/aromatic N) is 6. The van der Waals surface area contributed by atoms with Crippen LogP contribution in [-0.4, -0.2) is 82.9 Å². The number of anilines is 3. The zero-order chi connectivity index (χ0) is 22.2. The standard InChI is InChI=1S/C20H40N6O4/c1-7-10-12-29-16-25(14-27-5)19-21-18(24(4)9-3)22-20(23-19)26(15-28-6)17-30-13-11-8-2/h7-17H2,1-6H3. The summed E-state index contributed by atoms with van der Waals surface area (Å²) in [7, 11) is 5.22. The number of hydrogen-bond donors (Lipinski definition) is 0. The smallest absolute Gasteiger partial charge is 0.235 e. The summed E-state index contributed by atoms with van der Waals surface area (Å²) >= 11 is 0. The van der Waals surface area contributed by atoms with Crippen LogP contribution in [0.3, 0.4) is 0 Å². The van der Waals surface area contributed by atoms with E-state index in [1.165, 1.54) is 0 Å². The zero-order valence-corrected chi connectivity index (χ0v) is 19.6. The Morgan fingerprint density at radius 1 is 0.667 bits per heavy atom. The molecule has 10 nitrogen and oxygen atoms in total. The highest BCUT2D eigenvalue weighted by molar-refractivity contribution is 5.45. The van der Waals surface area contributed by atoms with Crippen LogP contribution in [0.25, 0.3) is 0 Å². The fourth-order valence-corrected chi connectivity index (χ4v) is 2.40. The predicted octanol–water partition coefficient (Wildman–Crippen LogP) is 2.70. The zero-order valence-electron chi connectivity index (χ0n) is 19.6. The molecule has 1 aromatic heterocycles. The molecule has 10 heteroatoms. The molecular formula is C20H40N6O4. The van der Waals surface area contributed by atoms with Crippen LogP contribution >= 0.6 is 0 Å². The second kappa shape index (κ2) is 16.0. The second-order valence-corrected chi connectivity index (χ2v) is 6.95. The van der Waals surface area contributed by atoms with Crippen LogP contribution in [0.5, 0.6) is 0 Å². The molecule has 0 fully saturated rings. The average Bonchev–Trinajstić information content (AvgIpc) is 2.77. The Kier molecular flexibility index (Phi) is 14.0. The van der Waals surface area contributed by atoms with Gasteiger partial charge in [0.1, 0.15) is 26.9 Å². The van der Waals surface area contributed by atoms with Gasteiger partial charge >= 0.3 is 0 Å². The summed E-state index contributed by atoms with van der Waals surface area (Å²) in [6, 6.07) is 0. The van der Waals surface area contributed by atoms with Gasteiger partial charge in [-0.25, -0.2) is 0 Å². The number of ether oxygens (including phenoxy) is 4. The number of methoxy groups -OCH3 is 2. The highest BCUT2D eigenvalue weighted by Crippen LogP contribution is 2.19. The number of aromatic nitrogens is 3. The molecular weight excluding hydrogens is 388 g/mol. The quantitative estimate of drug-likeness (QED) is 0.257. The van der Waals surface area contributed by atoms with Crippen LogP contribution in [0.2, 0.25) is 0 Å². The van der Waals surface area contributed by atoms with Crippen molar-refractivity contribution in [2.45, 2.75) is 46.5 Å². The monoisotopic (exact) mass is 428 g/mol. The minimum absolute atomic E-state index is 0.308. The molecule has 0 radical (unpaired) electrons. The molecule has 1 aromatic rings. The van der Waals surface area contributed by atoms with Crippen LogP contribution in [0, 0.1) is 0 Å². The highest BCUT2D eigenvalue weighted by Gasteiger charge is 2.19. The lowest BCUT2D eigenvalue weighted by Gasteiger charge is -2.27. The molecule has 174 valence electrons. The van der Waals surface area contributed by atoms with Gasteiger partial charge in [0.15, 0.2) is 0 Å². The van der Waals surface area contributed by atoms with E-state index in [0.29, 0.717) is 58.0 Å². The van der Waals surface area contributed by atoms with E-state index in [-0.39, 0.29) is 0 Å². The fourth-order valence-electron chi connectivity index (χ4n) is 2.40. The summed E-state index contributed by atoms with van der Waals surface area (Å²) in [4.78, 5) is 19.6. The van der Waals surface area contributed by atoms with E-state index >= 15 is 0 Å². The number of rotatable bonds is 18. The van der Waals surface area contributed by atoms with E-state index in [4.69, 9.17) is 18.9 Å². The molecule has 0 aliphatic carbocycles. The summed E-state index contributed by atoms with van der Waals surface area (Å²) in [6.07, 6.45) is 4.17. The van der Waals surface area contributed by atoms with Crippen molar-refractivity contribution in [3.05, 3.63) is 0 Å². The molecule has 1 heterocycles. The van der Waals surface area contributed by atoms with Gasteiger partial charge in [-0.2, -0.15) is 15.0 Å². The Balaban J connectivity index is 3.13. The van der Waals surface area contributed by atoms with Crippen molar-refractivity contribution in [3.8, 4) is 0 Å². The van der Waals surface area contributed by atoms with Crippen LogP contribution in [0.4, 0.5) is 17.8 Å². The largest absolute Gasteiger partial charge is 0.364 e. The maximum atomic E-state index is 5.78. The minimum Gasteiger partial charge on any atom is -0.364 e. The molecule has 0 saturated heterocycles. The van der Waals surface area contributed by atoms with Crippen molar-refractivity contribution in [2.75, 3.05) is 82.6 Å². The van der Waals surface area contributed by atoms with Gasteiger partial charge in [0.05, 0.1) is 0 Å². The van der Waals surface area contributed by atoms with Crippen LogP contribution in [0.1, 0.15) is 46.5 Å². The van der Waals surface area contributed by atoms with Crippen molar-refractivity contribution >= 4 is 17.8 Å². The molecule has 0 bridgehead atoms. The summed E-state index contributed by atoms with van der Waals surface area (Å²) in [5, 5.41) is 0. The fraction of sp³-hybridized carbons (Fsp3) is 0.850. The first-order valence-corrected chi connectivity index (χ1v) is 10.7. The molecule has 0 spiro atoms. The summed E-state index contributed by atoms with van der Waals surface area (Å²) < 4.78 is 22.3. The van der Waals surface area contributed by atoms with Gasteiger partial charge in [0.25, 0.3) is 0 Å². The third kappa shape index (κ3) is 9.38. The number of unbranched alkanes of at least 4 members (excludes halogenated alkanes) is 2. The molecule has 0 saturated carbocycles. The second-order valence-electron chi connectivity index (χ2n) is 6.95. The van der Waals surface area contributed by atoms with E-state index in [1.807, 2.05) is 28.7 Å². The predicted molar refractivity (Wildman–Crippen MR) is 119 cm³/mol. The molecule has 0 N–H and O–H groups in total. The minimum atomic E-state index is 0.308. The Hall–Kier alpha value is -1.75. The van der Waals surface area contributed by atoms with Gasteiger partial charge in [0.2, 0.25) is 17.8 Å². The molecule has 0 amide bonds. The van der Waals surface area contributed by atoms with E-state index in [2.05, 4.69) is 28.8 Å². The SMILES string of the molecule is CCCCOCN(COC)c1nc(N(C)CC)nc(N(COC)COCCCC)n1. The first-order chi connectivity index (χ1) is 14.6. The van der Waals surface area contributed by atoms with Gasteiger partial charge in [0, 0.05) is 41.0 Å². The Morgan fingerprint density at radius 3 is 1.47 bits per heavy atom. The summed E-state index contributed by atoms with van der Waals surface area (Å²) in [6.45, 7) is 9.72. The third-order valence-corrected chi connectivity index (χ3v) is 4.33. The Morgan fingerprint density at radius 2 is 1.10 bits per heavy atom. The van der Waals surface area contributed by atoms with Gasteiger partial charge in [-0.1, -0.05) is 26.7 Å². The van der Waals surface area contributed by atoms with E-state index in [0.717, 1.165) is 32.2 Å². The summed E-state index contributed by atoms with van der Waals surface area (Å²) in [5.74, 6) is 1.55. The molecule has 0 aliphatic rings. The van der Waals surface area contributed by atoms with Gasteiger partial charge < -0.3 is 23.8 Å². The Bertz CT molecular complexity index is 526. The van der Waals surface area contributed by atoms with Crippen molar-refractivity contribution in [3.63, 3.8) is 0 Å². The maximum Gasteiger partial charge on any atom is 0.235 e. The normalized spacial score (nSPS) is 11.0. The van der Waals surface area contributed by atoms with Gasteiger partial charge in [-0.05, 0) is 19.8 Å². The Labute approximate surface area is 181 Å². The molecule has 0 unspecified atom stereocenters. The number of hydrogen-bond acceptors (Lipinski definition) is 10. The van der Waals surface area contributed by atoms with Crippen LogP contribution in [-0.2, 0) is 18.9 Å². The van der Waals surface area contributed by atoms with Crippen LogP contribution in [0.15, 0.2) is 0 Å². The first kappa shape index (κ1) is 26.3. The van der Waals surface area contributed by atoms with E-state index in [9.17, 15) is 0 Å². The molecule has 30 heavy (non-hydrogen) atoms. The average molecular weight is 429 g/mol. The van der Waals surface area contributed by atoms with Crippen molar-refractivity contribution in [1.29, 1.82) is 0 Å². The molecule has 0 aliphatic heterocycles. The van der Waals surface area contributed by atoms with Crippen LogP contribution < -0.4 is 14.7 Å². The molecule has 0 aromatic carbocycles. The van der Waals surface area contributed by atoms with Gasteiger partial charge in [-0.3, -0.25) is 9.80 Å².